The minimum Gasteiger partial charge on any atom is -0.337 e. The van der Waals surface area contributed by atoms with Crippen molar-refractivity contribution in [2.75, 3.05) is 26.2 Å². The van der Waals surface area contributed by atoms with E-state index in [2.05, 4.69) is 32.1 Å². The fraction of sp³-hybridized carbons (Fsp3) is 0.524. The minimum atomic E-state index is -4.40. The summed E-state index contributed by atoms with van der Waals surface area (Å²) in [5, 5.41) is 3.91. The molecule has 5 nitrogen and oxygen atoms in total. The summed E-state index contributed by atoms with van der Waals surface area (Å²) < 4.78 is 44.2. The third kappa shape index (κ3) is 4.53. The van der Waals surface area contributed by atoms with Crippen molar-refractivity contribution < 1.29 is 17.7 Å². The lowest BCUT2D eigenvalue weighted by Gasteiger charge is -2.40. The molecule has 0 spiro atoms. The van der Waals surface area contributed by atoms with Crippen LogP contribution in [0.3, 0.4) is 0 Å². The van der Waals surface area contributed by atoms with Gasteiger partial charge in [-0.15, -0.1) is 0 Å². The second-order valence-corrected chi connectivity index (χ2v) is 7.71. The third-order valence-electron chi connectivity index (χ3n) is 5.84. The van der Waals surface area contributed by atoms with Gasteiger partial charge in [0, 0.05) is 37.8 Å². The lowest BCUT2D eigenvalue weighted by molar-refractivity contribution is -0.137. The first-order valence-corrected chi connectivity index (χ1v) is 10.1. The van der Waals surface area contributed by atoms with Gasteiger partial charge in [0.2, 0.25) is 11.7 Å². The zero-order valence-corrected chi connectivity index (χ0v) is 16.4. The van der Waals surface area contributed by atoms with E-state index in [1.165, 1.54) is 25.3 Å². The highest BCUT2D eigenvalue weighted by Crippen LogP contribution is 2.32. The number of hydrogen-bond donors (Lipinski definition) is 0. The summed E-state index contributed by atoms with van der Waals surface area (Å²) in [7, 11) is 0. The molecule has 0 bridgehead atoms. The normalized spacial score (nSPS) is 22.7. The summed E-state index contributed by atoms with van der Waals surface area (Å²) in [5.41, 5.74) is -0.418. The Balaban J connectivity index is 1.41. The average Bonchev–Trinajstić information content (AvgIpc) is 3.24. The summed E-state index contributed by atoms with van der Waals surface area (Å²) in [6.45, 7) is 5.75. The highest BCUT2D eigenvalue weighted by molar-refractivity contribution is 5.55. The van der Waals surface area contributed by atoms with Gasteiger partial charge in [-0.05, 0) is 38.3 Å². The van der Waals surface area contributed by atoms with Crippen LogP contribution in [0.25, 0.3) is 11.4 Å². The molecule has 1 fully saturated rings. The first kappa shape index (κ1) is 20.1. The fourth-order valence-corrected chi connectivity index (χ4v) is 4.07. The molecule has 1 aromatic carbocycles. The Labute approximate surface area is 168 Å². The standard InChI is InChI=1S/C21H25F3N4O/c1-15(27-10-12-28(13-11-27)18-8-3-2-4-9-18)20-25-19(26-29-20)16-6-5-7-17(14-16)21(22,23)24/h3,5-8,14-15,18H,2,4,9-13H2,1H3. The minimum absolute atomic E-state index is 0.0777. The van der Waals surface area contributed by atoms with E-state index in [-0.39, 0.29) is 11.9 Å². The Hall–Kier alpha value is -2.19. The summed E-state index contributed by atoms with van der Waals surface area (Å²) >= 11 is 0. The van der Waals surface area contributed by atoms with Crippen molar-refractivity contribution in [1.82, 2.24) is 19.9 Å². The maximum absolute atomic E-state index is 12.9. The Morgan fingerprint density at radius 1 is 1.17 bits per heavy atom. The molecule has 2 aromatic rings. The van der Waals surface area contributed by atoms with E-state index in [1.807, 2.05) is 6.92 Å². The molecule has 4 rings (SSSR count). The van der Waals surface area contributed by atoms with E-state index in [1.54, 1.807) is 6.07 Å². The molecule has 1 saturated heterocycles. The van der Waals surface area contributed by atoms with Crippen molar-refractivity contribution in [3.63, 3.8) is 0 Å². The number of hydrogen-bond acceptors (Lipinski definition) is 5. The second kappa shape index (κ2) is 8.28. The van der Waals surface area contributed by atoms with Gasteiger partial charge in [-0.2, -0.15) is 18.2 Å². The number of rotatable bonds is 4. The second-order valence-electron chi connectivity index (χ2n) is 7.71. The van der Waals surface area contributed by atoms with Gasteiger partial charge in [0.25, 0.3) is 0 Å². The van der Waals surface area contributed by atoms with Crippen molar-refractivity contribution in [3.8, 4) is 11.4 Å². The molecule has 156 valence electrons. The van der Waals surface area contributed by atoms with Crippen LogP contribution in [0.1, 0.15) is 43.7 Å². The Morgan fingerprint density at radius 3 is 2.66 bits per heavy atom. The van der Waals surface area contributed by atoms with Crippen molar-refractivity contribution in [2.24, 2.45) is 0 Å². The van der Waals surface area contributed by atoms with Gasteiger partial charge in [0.05, 0.1) is 11.6 Å². The summed E-state index contributed by atoms with van der Waals surface area (Å²) in [4.78, 5) is 9.17. The van der Waals surface area contributed by atoms with Gasteiger partial charge >= 0.3 is 6.18 Å². The largest absolute Gasteiger partial charge is 0.416 e. The van der Waals surface area contributed by atoms with Crippen LogP contribution >= 0.6 is 0 Å². The maximum atomic E-state index is 12.9. The Morgan fingerprint density at radius 2 is 1.97 bits per heavy atom. The lowest BCUT2D eigenvalue weighted by Crippen LogP contribution is -2.50. The molecule has 2 heterocycles. The Kier molecular flexibility index (Phi) is 5.74. The van der Waals surface area contributed by atoms with Crippen LogP contribution in [0.5, 0.6) is 0 Å². The molecule has 0 saturated carbocycles. The maximum Gasteiger partial charge on any atom is 0.416 e. The van der Waals surface area contributed by atoms with Crippen LogP contribution in [0, 0.1) is 0 Å². The molecule has 0 amide bonds. The van der Waals surface area contributed by atoms with Crippen molar-refractivity contribution in [2.45, 2.75) is 44.4 Å². The third-order valence-corrected chi connectivity index (χ3v) is 5.84. The molecule has 1 aliphatic heterocycles. The first-order valence-electron chi connectivity index (χ1n) is 10.1. The van der Waals surface area contributed by atoms with Crippen LogP contribution in [-0.2, 0) is 6.18 Å². The van der Waals surface area contributed by atoms with E-state index < -0.39 is 11.7 Å². The fourth-order valence-electron chi connectivity index (χ4n) is 4.07. The van der Waals surface area contributed by atoms with E-state index in [0.29, 0.717) is 17.5 Å². The average molecular weight is 406 g/mol. The molecule has 2 unspecified atom stereocenters. The topological polar surface area (TPSA) is 45.4 Å². The van der Waals surface area contributed by atoms with E-state index in [9.17, 15) is 13.2 Å². The van der Waals surface area contributed by atoms with E-state index in [4.69, 9.17) is 4.52 Å². The number of allylic oxidation sites excluding steroid dienone is 1. The molecular weight excluding hydrogens is 381 g/mol. The van der Waals surface area contributed by atoms with Gasteiger partial charge in [0.1, 0.15) is 0 Å². The molecule has 0 radical (unpaired) electrons. The number of halogens is 3. The zero-order chi connectivity index (χ0) is 20.4. The predicted octanol–water partition coefficient (Wildman–Crippen LogP) is 4.54. The smallest absolute Gasteiger partial charge is 0.337 e. The molecule has 1 aromatic heterocycles. The van der Waals surface area contributed by atoms with Gasteiger partial charge in [-0.25, -0.2) is 0 Å². The van der Waals surface area contributed by atoms with Crippen LogP contribution in [0.15, 0.2) is 40.9 Å². The van der Waals surface area contributed by atoms with E-state index in [0.717, 1.165) is 38.3 Å². The Bertz CT molecular complexity index is 856. The number of aromatic nitrogens is 2. The summed E-state index contributed by atoms with van der Waals surface area (Å²) in [5.74, 6) is 0.618. The van der Waals surface area contributed by atoms with E-state index >= 15 is 0 Å². The van der Waals surface area contributed by atoms with Crippen LogP contribution in [0.4, 0.5) is 13.2 Å². The van der Waals surface area contributed by atoms with Crippen molar-refractivity contribution in [1.29, 1.82) is 0 Å². The van der Waals surface area contributed by atoms with Crippen molar-refractivity contribution in [3.05, 3.63) is 47.9 Å². The monoisotopic (exact) mass is 406 g/mol. The van der Waals surface area contributed by atoms with Gasteiger partial charge < -0.3 is 4.52 Å². The predicted molar refractivity (Wildman–Crippen MR) is 103 cm³/mol. The molecule has 0 N–H and O–H groups in total. The first-order chi connectivity index (χ1) is 13.9. The van der Waals surface area contributed by atoms with Gasteiger partial charge in [-0.1, -0.05) is 29.4 Å². The van der Waals surface area contributed by atoms with Gasteiger partial charge in [0.15, 0.2) is 0 Å². The quantitative estimate of drug-likeness (QED) is 0.698. The molecule has 2 aliphatic rings. The summed E-state index contributed by atoms with van der Waals surface area (Å²) in [6, 6.07) is 5.47. The number of nitrogens with zero attached hydrogens (tertiary/aromatic N) is 4. The highest BCUT2D eigenvalue weighted by atomic mass is 19.4. The highest BCUT2D eigenvalue weighted by Gasteiger charge is 2.31. The molecule has 2 atom stereocenters. The molecule has 29 heavy (non-hydrogen) atoms. The SMILES string of the molecule is CC(c1nc(-c2cccc(C(F)(F)F)c2)no1)N1CCN(C2C=CCCC2)CC1. The molecule has 8 heteroatoms. The van der Waals surface area contributed by atoms with Crippen LogP contribution in [0.2, 0.25) is 0 Å². The number of piperazine rings is 1. The lowest BCUT2D eigenvalue weighted by atomic mass is 10.0. The number of alkyl halides is 3. The van der Waals surface area contributed by atoms with Crippen LogP contribution in [-0.4, -0.2) is 52.2 Å². The summed E-state index contributed by atoms with van der Waals surface area (Å²) in [6.07, 6.45) is 3.84. The number of benzene rings is 1. The van der Waals surface area contributed by atoms with Crippen LogP contribution < -0.4 is 0 Å². The van der Waals surface area contributed by atoms with Gasteiger partial charge in [-0.3, -0.25) is 9.80 Å². The zero-order valence-electron chi connectivity index (χ0n) is 16.4. The van der Waals surface area contributed by atoms with Crippen molar-refractivity contribution >= 4 is 0 Å². The molecule has 1 aliphatic carbocycles. The molecular formula is C21H25F3N4O.